The second-order valence-corrected chi connectivity index (χ2v) is 9.59. The van der Waals surface area contributed by atoms with Gasteiger partial charge in [0.1, 0.15) is 5.76 Å². The van der Waals surface area contributed by atoms with E-state index in [9.17, 15) is 22.8 Å². The molecule has 164 valence electrons. The van der Waals surface area contributed by atoms with Crippen LogP contribution in [0.3, 0.4) is 0 Å². The summed E-state index contributed by atoms with van der Waals surface area (Å²) in [5, 5.41) is 2.82. The minimum Gasteiger partial charge on any atom is -0.467 e. The first-order valence-electron chi connectivity index (χ1n) is 9.78. The van der Waals surface area contributed by atoms with Crippen molar-refractivity contribution in [2.45, 2.75) is 24.4 Å². The monoisotopic (exact) mass is 452 g/mol. The lowest BCUT2D eigenvalue weighted by atomic mass is 10.0. The third-order valence-electron chi connectivity index (χ3n) is 5.28. The molecule has 3 amide bonds. The summed E-state index contributed by atoms with van der Waals surface area (Å²) in [7, 11) is -3.30. The molecule has 1 aliphatic rings. The predicted octanol–water partition coefficient (Wildman–Crippen LogP) is 2.97. The van der Waals surface area contributed by atoms with Crippen molar-refractivity contribution in [2.24, 2.45) is 0 Å². The average Bonchev–Trinajstić information content (AvgIpc) is 3.36. The Morgan fingerprint density at radius 3 is 2.34 bits per heavy atom. The van der Waals surface area contributed by atoms with Crippen LogP contribution in [0.2, 0.25) is 0 Å². The molecule has 2 heterocycles. The molecule has 2 aromatic carbocycles. The maximum Gasteiger partial charge on any atom is 0.261 e. The molecule has 1 N–H and O–H groups in total. The number of fused-ring (bicyclic) bond motifs is 1. The van der Waals surface area contributed by atoms with Crippen LogP contribution >= 0.6 is 0 Å². The second-order valence-electron chi connectivity index (χ2n) is 7.57. The van der Waals surface area contributed by atoms with Crippen molar-refractivity contribution in [1.82, 2.24) is 10.2 Å². The molecule has 4 rings (SSSR count). The van der Waals surface area contributed by atoms with Gasteiger partial charge in [0, 0.05) is 11.8 Å². The predicted molar refractivity (Wildman–Crippen MR) is 115 cm³/mol. The van der Waals surface area contributed by atoms with Crippen molar-refractivity contribution >= 4 is 27.6 Å². The van der Waals surface area contributed by atoms with E-state index >= 15 is 0 Å². The van der Waals surface area contributed by atoms with Crippen LogP contribution < -0.4 is 5.32 Å². The fourth-order valence-electron chi connectivity index (χ4n) is 3.50. The van der Waals surface area contributed by atoms with E-state index in [-0.39, 0.29) is 28.1 Å². The fourth-order valence-corrected chi connectivity index (χ4v) is 4.13. The van der Waals surface area contributed by atoms with Gasteiger partial charge in [-0.3, -0.25) is 19.3 Å². The first-order valence-corrected chi connectivity index (χ1v) is 11.7. The SMILES string of the molecule is C[C@H](NC(=O)c1ccc2c(c1)C(=O)N(Cc1ccco1)C2=O)c1ccc(S(C)(=O)=O)cc1. The number of amides is 3. The summed E-state index contributed by atoms with van der Waals surface area (Å²) in [6, 6.07) is 13.6. The molecule has 1 atom stereocenters. The van der Waals surface area contributed by atoms with Crippen LogP contribution in [0.25, 0.3) is 0 Å². The maximum atomic E-state index is 12.7. The fraction of sp³-hybridized carbons (Fsp3) is 0.174. The summed E-state index contributed by atoms with van der Waals surface area (Å²) in [5.74, 6) is -0.862. The zero-order chi connectivity index (χ0) is 23.0. The lowest BCUT2D eigenvalue weighted by Crippen LogP contribution is -2.29. The van der Waals surface area contributed by atoms with Gasteiger partial charge in [0.25, 0.3) is 17.7 Å². The number of benzene rings is 2. The van der Waals surface area contributed by atoms with Gasteiger partial charge in [0.15, 0.2) is 9.84 Å². The zero-order valence-corrected chi connectivity index (χ0v) is 18.2. The Kier molecular flexibility index (Phi) is 5.43. The standard InChI is InChI=1S/C23H20N2O6S/c1-14(15-5-8-18(9-6-15)32(2,29)30)24-21(26)16-7-10-19-20(12-16)23(28)25(22(19)27)13-17-4-3-11-31-17/h3-12,14H,13H2,1-2H3,(H,24,26)/t14-/m0/s1. The quantitative estimate of drug-likeness (QED) is 0.575. The Hall–Kier alpha value is -3.72. The van der Waals surface area contributed by atoms with Crippen molar-refractivity contribution in [3.8, 4) is 0 Å². The Bertz CT molecular complexity index is 1310. The Balaban J connectivity index is 1.50. The van der Waals surface area contributed by atoms with E-state index in [2.05, 4.69) is 5.32 Å². The molecule has 0 saturated heterocycles. The van der Waals surface area contributed by atoms with Crippen LogP contribution in [-0.4, -0.2) is 37.3 Å². The van der Waals surface area contributed by atoms with Gasteiger partial charge in [0.05, 0.1) is 34.9 Å². The van der Waals surface area contributed by atoms with Gasteiger partial charge in [-0.1, -0.05) is 12.1 Å². The number of hydrogen-bond acceptors (Lipinski definition) is 6. The molecule has 0 bridgehead atoms. The van der Waals surface area contributed by atoms with Gasteiger partial charge < -0.3 is 9.73 Å². The lowest BCUT2D eigenvalue weighted by molar-refractivity contribution is 0.0631. The molecule has 3 aromatic rings. The van der Waals surface area contributed by atoms with Crippen molar-refractivity contribution in [3.05, 3.63) is 88.9 Å². The summed E-state index contributed by atoms with van der Waals surface area (Å²) in [6.45, 7) is 1.78. The van der Waals surface area contributed by atoms with Crippen LogP contribution in [0.4, 0.5) is 0 Å². The zero-order valence-electron chi connectivity index (χ0n) is 17.4. The highest BCUT2D eigenvalue weighted by atomic mass is 32.2. The number of sulfone groups is 1. The van der Waals surface area contributed by atoms with Crippen LogP contribution in [0.5, 0.6) is 0 Å². The van der Waals surface area contributed by atoms with Gasteiger partial charge in [-0.2, -0.15) is 0 Å². The van der Waals surface area contributed by atoms with E-state index < -0.39 is 33.6 Å². The van der Waals surface area contributed by atoms with Gasteiger partial charge in [-0.05, 0) is 55.0 Å². The molecule has 1 aliphatic heterocycles. The minimum absolute atomic E-state index is 0.0153. The molecule has 0 saturated carbocycles. The topological polar surface area (TPSA) is 114 Å². The summed E-state index contributed by atoms with van der Waals surface area (Å²) in [6.07, 6.45) is 2.59. The average molecular weight is 452 g/mol. The first kappa shape index (κ1) is 21.5. The number of carbonyl (C=O) groups is 3. The smallest absolute Gasteiger partial charge is 0.261 e. The molecular weight excluding hydrogens is 432 g/mol. The number of nitrogens with zero attached hydrogens (tertiary/aromatic N) is 1. The Morgan fingerprint density at radius 1 is 1.03 bits per heavy atom. The highest BCUT2D eigenvalue weighted by molar-refractivity contribution is 7.90. The Morgan fingerprint density at radius 2 is 1.72 bits per heavy atom. The van der Waals surface area contributed by atoms with E-state index in [0.717, 1.165) is 16.7 Å². The summed E-state index contributed by atoms with van der Waals surface area (Å²) < 4.78 is 28.4. The third kappa shape index (κ3) is 4.06. The third-order valence-corrected chi connectivity index (χ3v) is 6.41. The van der Waals surface area contributed by atoms with Gasteiger partial charge in [-0.25, -0.2) is 8.42 Å². The minimum atomic E-state index is -3.30. The normalized spacial score (nSPS) is 14.4. The van der Waals surface area contributed by atoms with Crippen LogP contribution in [0.1, 0.15) is 55.4 Å². The number of hydrogen-bond donors (Lipinski definition) is 1. The molecule has 0 unspecified atom stereocenters. The summed E-state index contributed by atoms with van der Waals surface area (Å²) >= 11 is 0. The number of rotatable bonds is 6. The highest BCUT2D eigenvalue weighted by Crippen LogP contribution is 2.26. The molecule has 0 aliphatic carbocycles. The van der Waals surface area contributed by atoms with Crippen molar-refractivity contribution in [1.29, 1.82) is 0 Å². The van der Waals surface area contributed by atoms with E-state index in [1.54, 1.807) is 31.2 Å². The molecule has 0 radical (unpaired) electrons. The van der Waals surface area contributed by atoms with Crippen molar-refractivity contribution < 1.29 is 27.2 Å². The maximum absolute atomic E-state index is 12.7. The van der Waals surface area contributed by atoms with Crippen molar-refractivity contribution in [3.63, 3.8) is 0 Å². The first-order chi connectivity index (χ1) is 15.1. The van der Waals surface area contributed by atoms with Gasteiger partial charge in [-0.15, -0.1) is 0 Å². The van der Waals surface area contributed by atoms with Gasteiger partial charge in [0.2, 0.25) is 0 Å². The molecule has 1 aromatic heterocycles. The lowest BCUT2D eigenvalue weighted by Gasteiger charge is -2.15. The summed E-state index contributed by atoms with van der Waals surface area (Å²) in [5.41, 5.74) is 1.37. The molecule has 8 nitrogen and oxygen atoms in total. The molecular formula is C23H20N2O6S. The van der Waals surface area contributed by atoms with Crippen LogP contribution in [0, 0.1) is 0 Å². The van der Waals surface area contributed by atoms with Crippen LogP contribution in [-0.2, 0) is 16.4 Å². The Labute approximate surface area is 184 Å². The molecule has 9 heteroatoms. The van der Waals surface area contributed by atoms with Crippen LogP contribution in [0.15, 0.2) is 70.2 Å². The number of carbonyl (C=O) groups excluding carboxylic acids is 3. The van der Waals surface area contributed by atoms with Gasteiger partial charge >= 0.3 is 0 Å². The molecule has 0 spiro atoms. The summed E-state index contributed by atoms with van der Waals surface area (Å²) in [4.78, 5) is 39.4. The highest BCUT2D eigenvalue weighted by Gasteiger charge is 2.36. The number of furan rings is 1. The largest absolute Gasteiger partial charge is 0.467 e. The van der Waals surface area contributed by atoms with E-state index in [4.69, 9.17) is 4.42 Å². The number of nitrogens with one attached hydrogen (secondary N) is 1. The molecule has 32 heavy (non-hydrogen) atoms. The van der Waals surface area contributed by atoms with E-state index in [0.29, 0.717) is 5.76 Å². The van der Waals surface area contributed by atoms with Crippen molar-refractivity contribution in [2.75, 3.05) is 6.26 Å². The second kappa shape index (κ2) is 8.08. The molecule has 0 fully saturated rings. The van der Waals surface area contributed by atoms with E-state index in [1.807, 2.05) is 0 Å². The van der Waals surface area contributed by atoms with E-state index in [1.165, 1.54) is 36.6 Å². The number of imide groups is 1.